The number of carbonyl (C=O) groups is 1. The fourth-order valence-corrected chi connectivity index (χ4v) is 3.55. The zero-order valence-corrected chi connectivity index (χ0v) is 13.1. The third kappa shape index (κ3) is 4.63. The summed E-state index contributed by atoms with van der Waals surface area (Å²) in [4.78, 5) is 13.2. The van der Waals surface area contributed by atoms with Gasteiger partial charge in [-0.15, -0.1) is 23.1 Å². The summed E-state index contributed by atoms with van der Waals surface area (Å²) in [7, 11) is 0. The van der Waals surface area contributed by atoms with E-state index >= 15 is 0 Å². The van der Waals surface area contributed by atoms with Crippen LogP contribution in [-0.2, 0) is 11.3 Å². The fraction of sp³-hybridized carbons (Fsp3) is 0.154. The van der Waals surface area contributed by atoms with Crippen molar-refractivity contribution in [2.75, 3.05) is 5.75 Å². The third-order valence-corrected chi connectivity index (χ3v) is 5.02. The maximum atomic E-state index is 13.3. The van der Waals surface area contributed by atoms with E-state index in [0.29, 0.717) is 11.4 Å². The van der Waals surface area contributed by atoms with Crippen LogP contribution in [0, 0.1) is 5.82 Å². The highest BCUT2D eigenvalue weighted by molar-refractivity contribution is 9.10. The molecule has 100 valence electrons. The van der Waals surface area contributed by atoms with Crippen molar-refractivity contribution in [3.8, 4) is 0 Å². The van der Waals surface area contributed by atoms with Crippen LogP contribution in [0.3, 0.4) is 0 Å². The van der Waals surface area contributed by atoms with E-state index in [1.807, 2.05) is 11.4 Å². The molecule has 2 rings (SSSR count). The number of hydrogen-bond donors (Lipinski definition) is 1. The van der Waals surface area contributed by atoms with Crippen molar-refractivity contribution in [1.29, 1.82) is 0 Å². The van der Waals surface area contributed by atoms with Crippen molar-refractivity contribution in [3.63, 3.8) is 0 Å². The second-order valence-corrected chi connectivity index (χ2v) is 6.66. The van der Waals surface area contributed by atoms with Crippen LogP contribution in [-0.4, -0.2) is 11.7 Å². The summed E-state index contributed by atoms with van der Waals surface area (Å²) in [5, 5.41) is 4.78. The molecule has 1 heterocycles. The Hall–Kier alpha value is -0.850. The standard InChI is InChI=1S/C13H11BrFNOS2/c14-9-5-10(18-7-9)6-16-13(17)8-19-12-4-2-1-3-11(12)15/h1-5,7H,6,8H2,(H,16,17). The van der Waals surface area contributed by atoms with Gasteiger partial charge >= 0.3 is 0 Å². The highest BCUT2D eigenvalue weighted by Gasteiger charge is 2.06. The van der Waals surface area contributed by atoms with E-state index in [0.717, 1.165) is 9.35 Å². The SMILES string of the molecule is O=C(CSc1ccccc1F)NCc1cc(Br)cs1. The number of amides is 1. The van der Waals surface area contributed by atoms with Crippen LogP contribution in [0.1, 0.15) is 4.88 Å². The Bertz CT molecular complexity index is 573. The first-order chi connectivity index (χ1) is 9.15. The van der Waals surface area contributed by atoms with Crippen LogP contribution in [0.5, 0.6) is 0 Å². The lowest BCUT2D eigenvalue weighted by Gasteiger charge is -2.04. The zero-order valence-electron chi connectivity index (χ0n) is 9.86. The normalized spacial score (nSPS) is 10.4. The van der Waals surface area contributed by atoms with Crippen LogP contribution in [0.2, 0.25) is 0 Å². The summed E-state index contributed by atoms with van der Waals surface area (Å²) < 4.78 is 14.4. The molecule has 6 heteroatoms. The van der Waals surface area contributed by atoms with E-state index < -0.39 is 0 Å². The third-order valence-electron chi connectivity index (χ3n) is 2.28. The van der Waals surface area contributed by atoms with Gasteiger partial charge in [-0.05, 0) is 34.1 Å². The number of thiophene rings is 1. The molecule has 0 aliphatic rings. The molecule has 0 radical (unpaired) electrons. The molecular formula is C13H11BrFNOS2. The first kappa shape index (κ1) is 14.6. The minimum atomic E-state index is -0.289. The van der Waals surface area contributed by atoms with Crippen LogP contribution < -0.4 is 5.32 Å². The number of halogens is 2. The summed E-state index contributed by atoms with van der Waals surface area (Å²) in [5.41, 5.74) is 0. The van der Waals surface area contributed by atoms with E-state index in [2.05, 4.69) is 21.2 Å². The molecule has 0 atom stereocenters. The molecule has 0 saturated heterocycles. The Morgan fingerprint density at radius 1 is 1.42 bits per heavy atom. The van der Waals surface area contributed by atoms with Gasteiger partial charge in [0.25, 0.3) is 0 Å². The van der Waals surface area contributed by atoms with E-state index in [9.17, 15) is 9.18 Å². The number of nitrogens with one attached hydrogen (secondary N) is 1. The van der Waals surface area contributed by atoms with Gasteiger partial charge in [0.1, 0.15) is 5.82 Å². The first-order valence-electron chi connectivity index (χ1n) is 5.52. The minimum absolute atomic E-state index is 0.0993. The van der Waals surface area contributed by atoms with Crippen LogP contribution >= 0.6 is 39.0 Å². The van der Waals surface area contributed by atoms with E-state index in [4.69, 9.17) is 0 Å². The number of rotatable bonds is 5. The number of carbonyl (C=O) groups excluding carboxylic acids is 1. The molecular weight excluding hydrogens is 349 g/mol. The molecule has 1 amide bonds. The van der Waals surface area contributed by atoms with Crippen LogP contribution in [0.15, 0.2) is 45.1 Å². The Morgan fingerprint density at radius 2 is 2.21 bits per heavy atom. The molecule has 1 aromatic heterocycles. The van der Waals surface area contributed by atoms with Gasteiger partial charge in [-0.1, -0.05) is 12.1 Å². The van der Waals surface area contributed by atoms with Crippen molar-refractivity contribution < 1.29 is 9.18 Å². The molecule has 0 aliphatic carbocycles. The lowest BCUT2D eigenvalue weighted by molar-refractivity contribution is -0.118. The summed E-state index contributed by atoms with van der Waals surface area (Å²) in [6.45, 7) is 0.507. The summed E-state index contributed by atoms with van der Waals surface area (Å²) in [6, 6.07) is 8.42. The zero-order chi connectivity index (χ0) is 13.7. The highest BCUT2D eigenvalue weighted by Crippen LogP contribution is 2.21. The monoisotopic (exact) mass is 359 g/mol. The maximum Gasteiger partial charge on any atom is 0.230 e. The number of benzene rings is 1. The van der Waals surface area contributed by atoms with Crippen LogP contribution in [0.4, 0.5) is 4.39 Å². The Balaban J connectivity index is 1.77. The largest absolute Gasteiger partial charge is 0.350 e. The fourth-order valence-electron chi connectivity index (χ4n) is 1.39. The second kappa shape index (κ2) is 7.07. The van der Waals surface area contributed by atoms with Gasteiger partial charge in [0.05, 0.1) is 12.3 Å². The van der Waals surface area contributed by atoms with Gasteiger partial charge in [0, 0.05) is 19.6 Å². The first-order valence-corrected chi connectivity index (χ1v) is 8.18. The molecule has 0 fully saturated rings. The van der Waals surface area contributed by atoms with Gasteiger partial charge in [-0.3, -0.25) is 4.79 Å². The molecule has 0 saturated carbocycles. The van der Waals surface area contributed by atoms with Gasteiger partial charge in [-0.2, -0.15) is 0 Å². The lowest BCUT2D eigenvalue weighted by atomic mass is 10.3. The topological polar surface area (TPSA) is 29.1 Å². The predicted octanol–water partition coefficient (Wildman–Crippen LogP) is 4.06. The minimum Gasteiger partial charge on any atom is -0.350 e. The molecule has 1 aromatic carbocycles. The molecule has 0 spiro atoms. The summed E-state index contributed by atoms with van der Waals surface area (Å²) >= 11 is 6.14. The second-order valence-electron chi connectivity index (χ2n) is 3.73. The van der Waals surface area contributed by atoms with Crippen molar-refractivity contribution in [2.24, 2.45) is 0 Å². The highest BCUT2D eigenvalue weighted by atomic mass is 79.9. The van der Waals surface area contributed by atoms with Gasteiger partial charge < -0.3 is 5.32 Å². The van der Waals surface area contributed by atoms with Crippen LogP contribution in [0.25, 0.3) is 0 Å². The molecule has 2 nitrogen and oxygen atoms in total. The predicted molar refractivity (Wildman–Crippen MR) is 81.0 cm³/mol. The van der Waals surface area contributed by atoms with Crippen molar-refractivity contribution in [1.82, 2.24) is 5.32 Å². The van der Waals surface area contributed by atoms with Gasteiger partial charge in [0.15, 0.2) is 0 Å². The van der Waals surface area contributed by atoms with E-state index in [1.54, 1.807) is 29.5 Å². The van der Waals surface area contributed by atoms with Crippen molar-refractivity contribution in [3.05, 3.63) is 50.9 Å². The maximum absolute atomic E-state index is 13.3. The van der Waals surface area contributed by atoms with E-state index in [1.165, 1.54) is 17.8 Å². The summed E-state index contributed by atoms with van der Waals surface area (Å²) in [6.07, 6.45) is 0. The molecule has 0 bridgehead atoms. The molecule has 0 aliphatic heterocycles. The average molecular weight is 360 g/mol. The average Bonchev–Trinajstić information content (AvgIpc) is 2.81. The number of thioether (sulfide) groups is 1. The summed E-state index contributed by atoms with van der Waals surface area (Å²) in [5.74, 6) is -0.173. The lowest BCUT2D eigenvalue weighted by Crippen LogP contribution is -2.24. The Morgan fingerprint density at radius 3 is 2.89 bits per heavy atom. The van der Waals surface area contributed by atoms with Crippen molar-refractivity contribution in [2.45, 2.75) is 11.4 Å². The van der Waals surface area contributed by atoms with Crippen molar-refractivity contribution >= 4 is 44.9 Å². The molecule has 0 unspecified atom stereocenters. The number of hydrogen-bond acceptors (Lipinski definition) is 3. The molecule has 2 aromatic rings. The Labute approximate surface area is 127 Å². The molecule has 1 N–H and O–H groups in total. The smallest absolute Gasteiger partial charge is 0.230 e. The Kier molecular flexibility index (Phi) is 5.42. The van der Waals surface area contributed by atoms with Gasteiger partial charge in [-0.25, -0.2) is 4.39 Å². The van der Waals surface area contributed by atoms with Gasteiger partial charge in [0.2, 0.25) is 5.91 Å². The van der Waals surface area contributed by atoms with E-state index in [-0.39, 0.29) is 17.5 Å². The quantitative estimate of drug-likeness (QED) is 0.815. The molecule has 19 heavy (non-hydrogen) atoms.